The molecule has 82 valence electrons. The molecule has 0 spiro atoms. The molecule has 2 atom stereocenters. The predicted octanol–water partition coefficient (Wildman–Crippen LogP) is 3.00. The number of hydrogen-bond donors (Lipinski definition) is 1. The van der Waals surface area contributed by atoms with Crippen LogP contribution in [-0.4, -0.2) is 6.67 Å². The molecule has 0 amide bonds. The molecule has 1 saturated carbocycles. The van der Waals surface area contributed by atoms with Crippen molar-refractivity contribution in [1.29, 1.82) is 0 Å². The Balaban J connectivity index is 2.27. The van der Waals surface area contributed by atoms with E-state index in [1.165, 1.54) is 11.1 Å². The quantitative estimate of drug-likeness (QED) is 0.810. The van der Waals surface area contributed by atoms with Crippen LogP contribution in [0.4, 0.5) is 4.39 Å². The Morgan fingerprint density at radius 3 is 2.80 bits per heavy atom. The summed E-state index contributed by atoms with van der Waals surface area (Å²) in [5.74, 6) is 0.618. The lowest BCUT2D eigenvalue weighted by Gasteiger charge is -2.19. The summed E-state index contributed by atoms with van der Waals surface area (Å²) in [7, 11) is 0. The Kier molecular flexibility index (Phi) is 3.37. The fraction of sp³-hybridized carbons (Fsp3) is 0.538. The zero-order valence-electron chi connectivity index (χ0n) is 8.95. The minimum absolute atomic E-state index is 0.191. The molecule has 0 saturated heterocycles. The summed E-state index contributed by atoms with van der Waals surface area (Å²) in [5.41, 5.74) is 8.17. The maximum absolute atomic E-state index is 12.8. The molecule has 0 aromatic heterocycles. The van der Waals surface area contributed by atoms with Crippen LogP contribution in [0.2, 0.25) is 0 Å². The predicted molar refractivity (Wildman–Crippen MR) is 60.4 cm³/mol. The zero-order valence-corrected chi connectivity index (χ0v) is 8.95. The topological polar surface area (TPSA) is 26.0 Å². The van der Waals surface area contributed by atoms with Gasteiger partial charge in [-0.25, -0.2) is 0 Å². The molecular weight excluding hydrogens is 189 g/mol. The van der Waals surface area contributed by atoms with Crippen molar-refractivity contribution in [2.24, 2.45) is 11.7 Å². The smallest absolute Gasteiger partial charge is 0.0928 e. The van der Waals surface area contributed by atoms with Gasteiger partial charge in [-0.05, 0) is 35.8 Å². The lowest BCUT2D eigenvalue weighted by atomic mass is 9.87. The molecule has 2 unspecified atom stereocenters. The van der Waals surface area contributed by atoms with Crippen LogP contribution in [0.25, 0.3) is 0 Å². The standard InChI is InChI=1S/C13H18FN/c14-8-10-5-3-7-12(10)13-6-2-1-4-11(13)9-15/h1-2,4,6,10,12H,3,5,7-9,15H2. The van der Waals surface area contributed by atoms with Gasteiger partial charge < -0.3 is 5.73 Å². The van der Waals surface area contributed by atoms with Crippen molar-refractivity contribution < 1.29 is 4.39 Å². The highest BCUT2D eigenvalue weighted by molar-refractivity contribution is 5.31. The molecule has 0 heterocycles. The minimum Gasteiger partial charge on any atom is -0.326 e. The van der Waals surface area contributed by atoms with E-state index in [2.05, 4.69) is 12.1 Å². The second kappa shape index (κ2) is 4.75. The second-order valence-electron chi connectivity index (χ2n) is 4.35. The van der Waals surface area contributed by atoms with E-state index in [4.69, 9.17) is 5.73 Å². The third-order valence-electron chi connectivity index (χ3n) is 3.53. The molecular formula is C13H18FN. The van der Waals surface area contributed by atoms with Crippen molar-refractivity contribution in [1.82, 2.24) is 0 Å². The molecule has 1 aromatic carbocycles. The van der Waals surface area contributed by atoms with Crippen molar-refractivity contribution in [2.45, 2.75) is 31.7 Å². The van der Waals surface area contributed by atoms with E-state index in [9.17, 15) is 4.39 Å². The summed E-state index contributed by atoms with van der Waals surface area (Å²) in [4.78, 5) is 0. The Hall–Kier alpha value is -0.890. The van der Waals surface area contributed by atoms with Crippen LogP contribution in [0.3, 0.4) is 0 Å². The third kappa shape index (κ3) is 2.05. The first-order valence-corrected chi connectivity index (χ1v) is 5.70. The van der Waals surface area contributed by atoms with Crippen LogP contribution in [0.15, 0.2) is 24.3 Å². The SMILES string of the molecule is NCc1ccccc1C1CCCC1CF. The van der Waals surface area contributed by atoms with Crippen molar-refractivity contribution in [3.05, 3.63) is 35.4 Å². The Bertz CT molecular complexity index is 324. The molecule has 0 radical (unpaired) electrons. The highest BCUT2D eigenvalue weighted by Crippen LogP contribution is 2.40. The maximum Gasteiger partial charge on any atom is 0.0928 e. The summed E-state index contributed by atoms with van der Waals surface area (Å²) in [6.07, 6.45) is 3.30. The first kappa shape index (κ1) is 10.6. The maximum atomic E-state index is 12.8. The molecule has 0 aliphatic heterocycles. The zero-order chi connectivity index (χ0) is 10.7. The van der Waals surface area contributed by atoms with Gasteiger partial charge in [-0.1, -0.05) is 30.7 Å². The Morgan fingerprint density at radius 1 is 1.27 bits per heavy atom. The van der Waals surface area contributed by atoms with Gasteiger partial charge in [0.1, 0.15) is 0 Å². The first-order valence-electron chi connectivity index (χ1n) is 5.70. The molecule has 1 aromatic rings. The Labute approximate surface area is 90.5 Å². The van der Waals surface area contributed by atoms with Gasteiger partial charge in [0.15, 0.2) is 0 Å². The van der Waals surface area contributed by atoms with Crippen LogP contribution < -0.4 is 5.73 Å². The van der Waals surface area contributed by atoms with Crippen LogP contribution in [0.1, 0.15) is 36.3 Å². The van der Waals surface area contributed by atoms with Gasteiger partial charge in [-0.2, -0.15) is 0 Å². The number of halogens is 1. The van der Waals surface area contributed by atoms with Crippen molar-refractivity contribution >= 4 is 0 Å². The number of benzene rings is 1. The third-order valence-corrected chi connectivity index (χ3v) is 3.53. The molecule has 0 bridgehead atoms. The van der Waals surface area contributed by atoms with E-state index in [0.29, 0.717) is 12.5 Å². The van der Waals surface area contributed by atoms with E-state index in [1.807, 2.05) is 12.1 Å². The summed E-state index contributed by atoms with van der Waals surface area (Å²) >= 11 is 0. The highest BCUT2D eigenvalue weighted by atomic mass is 19.1. The van der Waals surface area contributed by atoms with Crippen LogP contribution >= 0.6 is 0 Å². The number of alkyl halides is 1. The minimum atomic E-state index is -0.191. The molecule has 1 nitrogen and oxygen atoms in total. The molecule has 2 heteroatoms. The van der Waals surface area contributed by atoms with E-state index in [-0.39, 0.29) is 12.6 Å². The summed E-state index contributed by atoms with van der Waals surface area (Å²) in [6, 6.07) is 8.21. The summed E-state index contributed by atoms with van der Waals surface area (Å²) < 4.78 is 12.8. The summed E-state index contributed by atoms with van der Waals surface area (Å²) in [6.45, 7) is 0.370. The average molecular weight is 207 g/mol. The van der Waals surface area contributed by atoms with E-state index >= 15 is 0 Å². The van der Waals surface area contributed by atoms with Gasteiger partial charge in [0.05, 0.1) is 6.67 Å². The normalized spacial score (nSPS) is 25.7. The summed E-state index contributed by atoms with van der Waals surface area (Å²) in [5, 5.41) is 0. The molecule has 2 N–H and O–H groups in total. The lowest BCUT2D eigenvalue weighted by molar-refractivity contribution is 0.341. The van der Waals surface area contributed by atoms with E-state index in [1.54, 1.807) is 0 Å². The van der Waals surface area contributed by atoms with Gasteiger partial charge in [0.2, 0.25) is 0 Å². The molecule has 15 heavy (non-hydrogen) atoms. The monoisotopic (exact) mass is 207 g/mol. The average Bonchev–Trinajstić information content (AvgIpc) is 2.76. The second-order valence-corrected chi connectivity index (χ2v) is 4.35. The molecule has 1 fully saturated rings. The molecule has 1 aliphatic rings. The fourth-order valence-corrected chi connectivity index (χ4v) is 2.71. The van der Waals surface area contributed by atoms with Gasteiger partial charge in [-0.3, -0.25) is 4.39 Å². The van der Waals surface area contributed by atoms with E-state index < -0.39 is 0 Å². The Morgan fingerprint density at radius 2 is 2.07 bits per heavy atom. The highest BCUT2D eigenvalue weighted by Gasteiger charge is 2.29. The van der Waals surface area contributed by atoms with Gasteiger partial charge in [-0.15, -0.1) is 0 Å². The van der Waals surface area contributed by atoms with Crippen molar-refractivity contribution in [3.8, 4) is 0 Å². The van der Waals surface area contributed by atoms with Crippen molar-refractivity contribution in [3.63, 3.8) is 0 Å². The van der Waals surface area contributed by atoms with Crippen LogP contribution in [0, 0.1) is 5.92 Å². The van der Waals surface area contributed by atoms with Crippen molar-refractivity contribution in [2.75, 3.05) is 6.67 Å². The number of nitrogens with two attached hydrogens (primary N) is 1. The van der Waals surface area contributed by atoms with Crippen LogP contribution in [0.5, 0.6) is 0 Å². The molecule has 2 rings (SSSR count). The first-order chi connectivity index (χ1) is 7.36. The number of rotatable bonds is 3. The van der Waals surface area contributed by atoms with Gasteiger partial charge >= 0.3 is 0 Å². The molecule has 1 aliphatic carbocycles. The fourth-order valence-electron chi connectivity index (χ4n) is 2.71. The number of hydrogen-bond acceptors (Lipinski definition) is 1. The lowest BCUT2D eigenvalue weighted by Crippen LogP contribution is -2.12. The van der Waals surface area contributed by atoms with E-state index in [0.717, 1.165) is 19.3 Å². The largest absolute Gasteiger partial charge is 0.326 e. The van der Waals surface area contributed by atoms with Gasteiger partial charge in [0, 0.05) is 6.54 Å². The van der Waals surface area contributed by atoms with Gasteiger partial charge in [0.25, 0.3) is 0 Å². The van der Waals surface area contributed by atoms with Crippen LogP contribution in [-0.2, 0) is 6.54 Å².